The van der Waals surface area contributed by atoms with Crippen LogP contribution in [0.5, 0.6) is 11.5 Å². The first-order valence-electron chi connectivity index (χ1n) is 16.1. The van der Waals surface area contributed by atoms with Crippen LogP contribution >= 0.6 is 0 Å². The number of carbonyl (C=O) groups excluding carboxylic acids is 2. The number of amides is 3. The van der Waals surface area contributed by atoms with E-state index in [0.717, 1.165) is 43.7 Å². The molecule has 1 aliphatic heterocycles. The van der Waals surface area contributed by atoms with Gasteiger partial charge in [0.05, 0.1) is 5.52 Å². The summed E-state index contributed by atoms with van der Waals surface area (Å²) in [5.41, 5.74) is 5.25. The lowest BCUT2D eigenvalue weighted by Gasteiger charge is -2.31. The number of hydrogen-bond donors (Lipinski definition) is 4. The van der Waals surface area contributed by atoms with Gasteiger partial charge in [-0.05, 0) is 124 Å². The van der Waals surface area contributed by atoms with Crippen molar-refractivity contribution in [3.05, 3.63) is 114 Å². The third-order valence-electron chi connectivity index (χ3n) is 8.34. The molecule has 0 bridgehead atoms. The normalized spacial score (nSPS) is 15.0. The van der Waals surface area contributed by atoms with Crippen molar-refractivity contribution in [2.45, 2.75) is 39.3 Å². The summed E-state index contributed by atoms with van der Waals surface area (Å²) in [4.78, 5) is 27.4. The highest BCUT2D eigenvalue weighted by molar-refractivity contribution is 6.04. The van der Waals surface area contributed by atoms with Gasteiger partial charge in [0.15, 0.2) is 0 Å². The monoisotopic (exact) mass is 631 g/mol. The Morgan fingerprint density at radius 2 is 1.53 bits per heavy atom. The number of piperidine rings is 1. The van der Waals surface area contributed by atoms with Crippen LogP contribution < -0.4 is 20.7 Å². The van der Waals surface area contributed by atoms with Crippen LogP contribution in [0.2, 0.25) is 0 Å². The van der Waals surface area contributed by atoms with Crippen LogP contribution in [-0.4, -0.2) is 52.3 Å². The zero-order valence-corrected chi connectivity index (χ0v) is 26.8. The zero-order chi connectivity index (χ0) is 32.8. The van der Waals surface area contributed by atoms with Crippen molar-refractivity contribution < 1.29 is 19.4 Å². The van der Waals surface area contributed by atoms with Crippen molar-refractivity contribution in [2.24, 2.45) is 5.92 Å². The number of urea groups is 1. The molecule has 1 aromatic heterocycles. The maximum Gasteiger partial charge on any atom is 0.319 e. The van der Waals surface area contributed by atoms with Crippen LogP contribution in [0.25, 0.3) is 16.6 Å². The van der Waals surface area contributed by atoms with Gasteiger partial charge in [0.25, 0.3) is 5.91 Å². The summed E-state index contributed by atoms with van der Waals surface area (Å²) in [7, 11) is 0. The van der Waals surface area contributed by atoms with E-state index in [0.29, 0.717) is 34.4 Å². The third-order valence-corrected chi connectivity index (χ3v) is 8.34. The Morgan fingerprint density at radius 3 is 2.19 bits per heavy atom. The zero-order valence-electron chi connectivity index (χ0n) is 26.8. The van der Waals surface area contributed by atoms with Crippen LogP contribution in [0, 0.1) is 5.92 Å². The number of likely N-dealkylation sites (tertiary alicyclic amines) is 1. The second kappa shape index (κ2) is 14.5. The average Bonchev–Trinajstić information content (AvgIpc) is 3.44. The first kappa shape index (κ1) is 31.8. The van der Waals surface area contributed by atoms with Crippen molar-refractivity contribution in [1.29, 1.82) is 0 Å². The fourth-order valence-electron chi connectivity index (χ4n) is 6.03. The maximum atomic E-state index is 13.1. The Bertz CT molecular complexity index is 1810. The molecule has 0 radical (unpaired) electrons. The van der Waals surface area contributed by atoms with Gasteiger partial charge in [-0.3, -0.25) is 9.69 Å². The molecule has 0 spiro atoms. The molecule has 47 heavy (non-hydrogen) atoms. The van der Waals surface area contributed by atoms with Gasteiger partial charge in [-0.2, -0.15) is 0 Å². The number of aliphatic hydroxyl groups is 1. The van der Waals surface area contributed by atoms with E-state index < -0.39 is 0 Å². The maximum absolute atomic E-state index is 13.1. The Balaban J connectivity index is 1.07. The molecule has 6 rings (SSSR count). The smallest absolute Gasteiger partial charge is 0.319 e. The first-order valence-corrected chi connectivity index (χ1v) is 16.1. The first-order chi connectivity index (χ1) is 22.8. The standard InChI is InChI=1S/C38H41N5O4/c1-26(2)39-38(46)41-31-13-19-34(20-14-31)47-33-17-11-30(12-18-33)40-37(45)28-9-15-32(16-10-28)43-24-29(35-7-3-4-8-36(35)43)23-42-21-5-6-27(22-42)25-44/h3-4,7-20,24,26-27,44H,5-6,21-23,25H2,1-2H3,(H,40,45)(H2,39,41,46). The molecule has 5 aromatic rings. The summed E-state index contributed by atoms with van der Waals surface area (Å²) in [6.45, 7) is 6.85. The molecule has 4 N–H and O–H groups in total. The molecule has 1 unspecified atom stereocenters. The van der Waals surface area contributed by atoms with E-state index in [1.165, 1.54) is 10.9 Å². The molecule has 1 saturated heterocycles. The molecule has 9 heteroatoms. The third kappa shape index (κ3) is 8.00. The van der Waals surface area contributed by atoms with Gasteiger partial charge in [-0.1, -0.05) is 18.2 Å². The predicted molar refractivity (Wildman–Crippen MR) is 187 cm³/mol. The molecule has 2 heterocycles. The second-order valence-electron chi connectivity index (χ2n) is 12.4. The van der Waals surface area contributed by atoms with Crippen LogP contribution in [-0.2, 0) is 6.54 Å². The van der Waals surface area contributed by atoms with Crippen LogP contribution in [0.4, 0.5) is 16.2 Å². The van der Waals surface area contributed by atoms with Gasteiger partial charge in [0, 0.05) is 59.9 Å². The van der Waals surface area contributed by atoms with E-state index in [2.05, 4.69) is 49.8 Å². The summed E-state index contributed by atoms with van der Waals surface area (Å²) in [6, 6.07) is 30.1. The summed E-state index contributed by atoms with van der Waals surface area (Å²) >= 11 is 0. The highest BCUT2D eigenvalue weighted by Crippen LogP contribution is 2.29. The van der Waals surface area contributed by atoms with Crippen LogP contribution in [0.3, 0.4) is 0 Å². The van der Waals surface area contributed by atoms with Crippen LogP contribution in [0.1, 0.15) is 42.6 Å². The van der Waals surface area contributed by atoms with Crippen molar-refractivity contribution in [1.82, 2.24) is 14.8 Å². The Hall–Kier alpha value is -5.12. The molecule has 242 valence electrons. The van der Waals surface area contributed by atoms with E-state index in [9.17, 15) is 14.7 Å². The number of carbonyl (C=O) groups is 2. The molecule has 1 atom stereocenters. The SMILES string of the molecule is CC(C)NC(=O)Nc1ccc(Oc2ccc(NC(=O)c3ccc(-n4cc(CN5CCCC(CO)C5)c5ccccc54)cc3)cc2)cc1. The van der Waals surface area contributed by atoms with Crippen molar-refractivity contribution >= 4 is 34.2 Å². The van der Waals surface area contributed by atoms with Gasteiger partial charge >= 0.3 is 6.03 Å². The average molecular weight is 632 g/mol. The molecule has 4 aromatic carbocycles. The molecule has 3 amide bonds. The number of anilines is 2. The Morgan fingerprint density at radius 1 is 0.872 bits per heavy atom. The molecule has 0 saturated carbocycles. The van der Waals surface area contributed by atoms with Gasteiger partial charge in [-0.25, -0.2) is 4.79 Å². The van der Waals surface area contributed by atoms with Crippen molar-refractivity contribution in [2.75, 3.05) is 30.3 Å². The van der Waals surface area contributed by atoms with E-state index in [4.69, 9.17) is 4.74 Å². The van der Waals surface area contributed by atoms with Crippen molar-refractivity contribution in [3.63, 3.8) is 0 Å². The van der Waals surface area contributed by atoms with E-state index >= 15 is 0 Å². The number of ether oxygens (including phenoxy) is 1. The van der Waals surface area contributed by atoms with E-state index in [-0.39, 0.29) is 24.6 Å². The molecule has 1 aliphatic rings. The number of fused-ring (bicyclic) bond motifs is 1. The lowest BCUT2D eigenvalue weighted by molar-refractivity contribution is 0.102. The summed E-state index contributed by atoms with van der Waals surface area (Å²) in [5.74, 6) is 1.40. The number of para-hydroxylation sites is 1. The number of aromatic nitrogens is 1. The lowest BCUT2D eigenvalue weighted by atomic mass is 9.98. The summed E-state index contributed by atoms with van der Waals surface area (Å²) in [6.07, 6.45) is 4.40. The highest BCUT2D eigenvalue weighted by atomic mass is 16.5. The van der Waals surface area contributed by atoms with Crippen molar-refractivity contribution in [3.8, 4) is 17.2 Å². The van der Waals surface area contributed by atoms with Gasteiger partial charge in [0.2, 0.25) is 0 Å². The quantitative estimate of drug-likeness (QED) is 0.128. The summed E-state index contributed by atoms with van der Waals surface area (Å²) < 4.78 is 8.12. The molecule has 1 fully saturated rings. The van der Waals surface area contributed by atoms with E-state index in [1.54, 1.807) is 48.5 Å². The number of nitrogens with zero attached hydrogens (tertiary/aromatic N) is 2. The number of nitrogens with one attached hydrogen (secondary N) is 3. The fraction of sp³-hybridized carbons (Fsp3) is 0.263. The number of rotatable bonds is 10. The minimum atomic E-state index is -0.257. The molecular weight excluding hydrogens is 590 g/mol. The lowest BCUT2D eigenvalue weighted by Crippen LogP contribution is -2.36. The number of aliphatic hydroxyl groups excluding tert-OH is 1. The predicted octanol–water partition coefficient (Wildman–Crippen LogP) is 7.41. The molecular formula is C38H41N5O4. The van der Waals surface area contributed by atoms with Gasteiger partial charge < -0.3 is 30.4 Å². The number of benzene rings is 4. The summed E-state index contributed by atoms with van der Waals surface area (Å²) in [5, 5.41) is 19.4. The minimum absolute atomic E-state index is 0.0495. The van der Waals surface area contributed by atoms with Gasteiger partial charge in [-0.15, -0.1) is 0 Å². The van der Waals surface area contributed by atoms with Crippen LogP contribution in [0.15, 0.2) is 103 Å². The topological polar surface area (TPSA) is 108 Å². The Labute approximate surface area is 275 Å². The Kier molecular flexibility index (Phi) is 9.85. The largest absolute Gasteiger partial charge is 0.457 e. The highest BCUT2D eigenvalue weighted by Gasteiger charge is 2.21. The fourth-order valence-corrected chi connectivity index (χ4v) is 6.03. The minimum Gasteiger partial charge on any atom is -0.457 e. The number of hydrogen-bond acceptors (Lipinski definition) is 5. The molecule has 9 nitrogen and oxygen atoms in total. The van der Waals surface area contributed by atoms with Gasteiger partial charge in [0.1, 0.15) is 11.5 Å². The second-order valence-corrected chi connectivity index (χ2v) is 12.4. The molecule has 0 aliphatic carbocycles. The van der Waals surface area contributed by atoms with E-state index in [1.807, 2.05) is 44.2 Å².